The zero-order valence-corrected chi connectivity index (χ0v) is 16.7. The summed E-state index contributed by atoms with van der Waals surface area (Å²) in [5.41, 5.74) is 2.45. The highest BCUT2D eigenvalue weighted by molar-refractivity contribution is 5.95. The summed E-state index contributed by atoms with van der Waals surface area (Å²) in [6.45, 7) is 1.90. The van der Waals surface area contributed by atoms with Gasteiger partial charge in [0.15, 0.2) is 0 Å². The van der Waals surface area contributed by atoms with Gasteiger partial charge >= 0.3 is 12.0 Å². The van der Waals surface area contributed by atoms with Crippen molar-refractivity contribution < 1.29 is 23.8 Å². The molecule has 152 valence electrons. The number of hydrogen-bond donors (Lipinski definition) is 2. The molecule has 0 bridgehead atoms. The number of allylic oxidation sites excluding steroid dienone is 1. The second-order valence-corrected chi connectivity index (χ2v) is 6.55. The molecule has 2 N–H and O–H groups in total. The van der Waals surface area contributed by atoms with E-state index in [9.17, 15) is 9.59 Å². The summed E-state index contributed by atoms with van der Waals surface area (Å²) in [5.74, 6) is 0.615. The fourth-order valence-corrected chi connectivity index (χ4v) is 3.25. The molecule has 1 aliphatic rings. The third kappa shape index (κ3) is 4.68. The van der Waals surface area contributed by atoms with Crippen molar-refractivity contribution in [3.05, 3.63) is 70.9 Å². The van der Waals surface area contributed by atoms with E-state index in [0.717, 1.165) is 5.56 Å². The van der Waals surface area contributed by atoms with E-state index in [1.54, 1.807) is 32.2 Å². The molecule has 0 aromatic heterocycles. The lowest BCUT2D eigenvalue weighted by molar-refractivity contribution is -0.139. The van der Waals surface area contributed by atoms with E-state index in [4.69, 9.17) is 14.2 Å². The highest BCUT2D eigenvalue weighted by Gasteiger charge is 2.34. The molecule has 7 nitrogen and oxygen atoms in total. The number of ether oxygens (including phenoxy) is 3. The summed E-state index contributed by atoms with van der Waals surface area (Å²) in [6.07, 6.45) is 0.603. The van der Waals surface area contributed by atoms with E-state index in [1.165, 1.54) is 7.11 Å². The van der Waals surface area contributed by atoms with Gasteiger partial charge in [-0.25, -0.2) is 9.59 Å². The van der Waals surface area contributed by atoms with Gasteiger partial charge < -0.3 is 24.8 Å². The Kier molecular flexibility index (Phi) is 6.39. The van der Waals surface area contributed by atoms with Crippen LogP contribution in [0.5, 0.6) is 11.5 Å². The van der Waals surface area contributed by atoms with Gasteiger partial charge in [-0.05, 0) is 30.7 Å². The largest absolute Gasteiger partial charge is 0.497 e. The molecule has 2 aromatic carbocycles. The minimum Gasteiger partial charge on any atom is -0.497 e. The van der Waals surface area contributed by atoms with Crippen LogP contribution in [0, 0.1) is 0 Å². The molecule has 1 aliphatic heterocycles. The predicted molar refractivity (Wildman–Crippen MR) is 108 cm³/mol. The first kappa shape index (κ1) is 20.3. The van der Waals surface area contributed by atoms with Gasteiger partial charge in [0.1, 0.15) is 11.5 Å². The van der Waals surface area contributed by atoms with Crippen LogP contribution in [0.3, 0.4) is 0 Å². The van der Waals surface area contributed by atoms with Gasteiger partial charge in [0.25, 0.3) is 0 Å². The first-order chi connectivity index (χ1) is 14.0. The lowest BCUT2D eigenvalue weighted by atomic mass is 9.94. The minimum absolute atomic E-state index is 0.232. The van der Waals surface area contributed by atoms with Gasteiger partial charge in [0.05, 0.1) is 32.4 Å². The van der Waals surface area contributed by atoms with Crippen LogP contribution >= 0.6 is 0 Å². The van der Waals surface area contributed by atoms with Crippen molar-refractivity contribution in [2.45, 2.75) is 19.4 Å². The summed E-state index contributed by atoms with van der Waals surface area (Å²) in [6, 6.07) is 13.9. The van der Waals surface area contributed by atoms with E-state index >= 15 is 0 Å². The van der Waals surface area contributed by atoms with Gasteiger partial charge in [0.2, 0.25) is 0 Å². The van der Waals surface area contributed by atoms with Gasteiger partial charge in [-0.2, -0.15) is 0 Å². The molecule has 0 unspecified atom stereocenters. The first-order valence-electron chi connectivity index (χ1n) is 9.24. The fraction of sp³-hybridized carbons (Fsp3) is 0.273. The van der Waals surface area contributed by atoms with E-state index in [1.807, 2.05) is 30.3 Å². The van der Waals surface area contributed by atoms with Crippen molar-refractivity contribution in [2.24, 2.45) is 0 Å². The Morgan fingerprint density at radius 2 is 1.83 bits per heavy atom. The highest BCUT2D eigenvalue weighted by atomic mass is 16.5. The quantitative estimate of drug-likeness (QED) is 0.703. The van der Waals surface area contributed by atoms with Gasteiger partial charge in [-0.15, -0.1) is 0 Å². The van der Waals surface area contributed by atoms with Crippen LogP contribution < -0.4 is 20.1 Å². The van der Waals surface area contributed by atoms with Crippen LogP contribution in [0.15, 0.2) is 59.8 Å². The molecule has 0 radical (unpaired) electrons. The van der Waals surface area contributed by atoms with E-state index in [2.05, 4.69) is 10.6 Å². The van der Waals surface area contributed by atoms with Gasteiger partial charge in [-0.3, -0.25) is 0 Å². The lowest BCUT2D eigenvalue weighted by Crippen LogP contribution is -2.45. The number of urea groups is 1. The number of amides is 2. The standard InChI is InChI=1S/C22H24N2O5/c1-14-19(21(25)29-12-11-15-7-5-4-6-8-15)20(24-22(26)23-14)17-13-16(27-2)9-10-18(17)28-3/h4-10,13,20H,11-12H2,1-3H3,(H2,23,24,26)/t20-/m1/s1. The number of hydrogen-bond acceptors (Lipinski definition) is 5. The second-order valence-electron chi connectivity index (χ2n) is 6.55. The zero-order valence-electron chi connectivity index (χ0n) is 16.7. The number of carbonyl (C=O) groups excluding carboxylic acids is 2. The number of nitrogens with one attached hydrogen (secondary N) is 2. The summed E-state index contributed by atoms with van der Waals surface area (Å²) in [5, 5.41) is 5.42. The second kappa shape index (κ2) is 9.14. The Morgan fingerprint density at radius 1 is 1.07 bits per heavy atom. The zero-order chi connectivity index (χ0) is 20.8. The lowest BCUT2D eigenvalue weighted by Gasteiger charge is -2.29. The maximum atomic E-state index is 12.9. The highest BCUT2D eigenvalue weighted by Crippen LogP contribution is 2.35. The van der Waals surface area contributed by atoms with Gasteiger partial charge in [0, 0.05) is 17.7 Å². The van der Waals surface area contributed by atoms with Crippen LogP contribution in [0.4, 0.5) is 4.79 Å². The molecule has 0 fully saturated rings. The summed E-state index contributed by atoms with van der Waals surface area (Å²) in [4.78, 5) is 25.0. The minimum atomic E-state index is -0.724. The molecular weight excluding hydrogens is 372 g/mol. The van der Waals surface area contributed by atoms with Crippen molar-refractivity contribution in [1.29, 1.82) is 0 Å². The molecule has 3 rings (SSSR count). The summed E-state index contributed by atoms with van der Waals surface area (Å²) in [7, 11) is 3.08. The van der Waals surface area contributed by atoms with Crippen LogP contribution in [-0.4, -0.2) is 32.8 Å². The predicted octanol–water partition coefficient (Wildman–Crippen LogP) is 3.12. The van der Waals surface area contributed by atoms with Crippen LogP contribution in [0.1, 0.15) is 24.1 Å². The Bertz CT molecular complexity index is 924. The number of esters is 1. The average molecular weight is 396 g/mol. The molecule has 7 heteroatoms. The third-order valence-electron chi connectivity index (χ3n) is 4.70. The number of methoxy groups -OCH3 is 2. The van der Waals surface area contributed by atoms with Crippen molar-refractivity contribution in [3.63, 3.8) is 0 Å². The van der Waals surface area contributed by atoms with Crippen LogP contribution in [0.2, 0.25) is 0 Å². The third-order valence-corrected chi connectivity index (χ3v) is 4.70. The normalized spacial score (nSPS) is 16.0. The molecule has 0 aliphatic carbocycles. The smallest absolute Gasteiger partial charge is 0.338 e. The molecule has 2 amide bonds. The van der Waals surface area contributed by atoms with E-state index in [0.29, 0.717) is 34.8 Å². The number of carbonyl (C=O) groups is 2. The Morgan fingerprint density at radius 3 is 2.52 bits per heavy atom. The molecular formula is C22H24N2O5. The maximum Gasteiger partial charge on any atom is 0.338 e. The molecule has 29 heavy (non-hydrogen) atoms. The fourth-order valence-electron chi connectivity index (χ4n) is 3.25. The topological polar surface area (TPSA) is 85.9 Å². The molecule has 1 atom stereocenters. The monoisotopic (exact) mass is 396 g/mol. The van der Waals surface area contributed by atoms with Crippen molar-refractivity contribution in [1.82, 2.24) is 10.6 Å². The number of rotatable bonds is 7. The maximum absolute atomic E-state index is 12.9. The van der Waals surface area contributed by atoms with Crippen LogP contribution in [0.25, 0.3) is 0 Å². The Hall–Kier alpha value is -3.48. The molecule has 1 heterocycles. The van der Waals surface area contributed by atoms with Crippen LogP contribution in [-0.2, 0) is 16.0 Å². The summed E-state index contributed by atoms with van der Waals surface area (Å²) < 4.78 is 16.2. The van der Waals surface area contributed by atoms with E-state index in [-0.39, 0.29) is 6.61 Å². The van der Waals surface area contributed by atoms with E-state index < -0.39 is 18.0 Å². The average Bonchev–Trinajstić information content (AvgIpc) is 2.73. The first-order valence-corrected chi connectivity index (χ1v) is 9.24. The SMILES string of the molecule is COc1ccc(OC)c([C@H]2NC(=O)NC(C)=C2C(=O)OCCc2ccccc2)c1. The molecule has 2 aromatic rings. The van der Waals surface area contributed by atoms with Crippen molar-refractivity contribution in [2.75, 3.05) is 20.8 Å². The van der Waals surface area contributed by atoms with Gasteiger partial charge in [-0.1, -0.05) is 30.3 Å². The molecule has 0 saturated heterocycles. The molecule has 0 spiro atoms. The Labute approximate surface area is 169 Å². The number of benzene rings is 2. The van der Waals surface area contributed by atoms with Crippen molar-refractivity contribution >= 4 is 12.0 Å². The van der Waals surface area contributed by atoms with Crippen molar-refractivity contribution in [3.8, 4) is 11.5 Å². The molecule has 0 saturated carbocycles. The summed E-state index contributed by atoms with van der Waals surface area (Å²) >= 11 is 0. The Balaban J connectivity index is 1.85.